The number of anilines is 1. The van der Waals surface area contributed by atoms with Crippen molar-refractivity contribution in [3.05, 3.63) is 63.7 Å². The van der Waals surface area contributed by atoms with E-state index in [2.05, 4.69) is 44.9 Å². The van der Waals surface area contributed by atoms with Crippen molar-refractivity contribution >= 4 is 34.2 Å². The first-order chi connectivity index (χ1) is 9.66. The lowest BCUT2D eigenvalue weighted by molar-refractivity contribution is 0.0954. The number of hydrogen-bond acceptors (Lipinski definition) is 2. The summed E-state index contributed by atoms with van der Waals surface area (Å²) in [7, 11) is 2.02. The van der Waals surface area contributed by atoms with Crippen molar-refractivity contribution < 1.29 is 4.79 Å². The molecule has 0 aromatic heterocycles. The Kier molecular flexibility index (Phi) is 5.40. The highest BCUT2D eigenvalue weighted by molar-refractivity contribution is 14.1. The van der Waals surface area contributed by atoms with E-state index in [-0.39, 0.29) is 5.91 Å². The van der Waals surface area contributed by atoms with Crippen LogP contribution in [0.5, 0.6) is 0 Å². The third kappa shape index (κ3) is 4.23. The molecule has 0 spiro atoms. The molecule has 0 heterocycles. The maximum absolute atomic E-state index is 12.0. The predicted molar refractivity (Wildman–Crippen MR) is 91.2 cm³/mol. The van der Waals surface area contributed by atoms with Gasteiger partial charge in [-0.3, -0.25) is 4.79 Å². The highest BCUT2D eigenvalue weighted by Gasteiger charge is 2.06. The van der Waals surface area contributed by atoms with E-state index in [9.17, 15) is 4.79 Å². The monoisotopic (exact) mass is 380 g/mol. The van der Waals surface area contributed by atoms with Crippen LogP contribution in [0.1, 0.15) is 10.4 Å². The number of hydrogen-bond donors (Lipinski definition) is 1. The largest absolute Gasteiger partial charge is 0.373 e. The molecule has 104 valence electrons. The van der Waals surface area contributed by atoms with Crippen LogP contribution in [-0.2, 0) is 0 Å². The van der Waals surface area contributed by atoms with Gasteiger partial charge in [-0.25, -0.2) is 0 Å². The van der Waals surface area contributed by atoms with Gasteiger partial charge in [0.2, 0.25) is 0 Å². The molecule has 2 aromatic rings. The molecule has 1 amide bonds. The van der Waals surface area contributed by atoms with E-state index in [4.69, 9.17) is 0 Å². The van der Waals surface area contributed by atoms with Gasteiger partial charge in [-0.05, 0) is 52.9 Å². The van der Waals surface area contributed by atoms with Crippen LogP contribution in [-0.4, -0.2) is 26.0 Å². The van der Waals surface area contributed by atoms with Gasteiger partial charge in [0.1, 0.15) is 0 Å². The average molecular weight is 380 g/mol. The van der Waals surface area contributed by atoms with Gasteiger partial charge < -0.3 is 10.2 Å². The van der Waals surface area contributed by atoms with Gasteiger partial charge >= 0.3 is 0 Å². The zero-order chi connectivity index (χ0) is 14.4. The third-order valence-electron chi connectivity index (χ3n) is 3.02. The van der Waals surface area contributed by atoms with Gasteiger partial charge in [0.05, 0.1) is 0 Å². The fourth-order valence-electron chi connectivity index (χ4n) is 1.88. The smallest absolute Gasteiger partial charge is 0.251 e. The molecule has 0 fully saturated rings. The standard InChI is InChI=1S/C16H17IN2O/c1-19(15-8-3-2-4-9-15)11-10-18-16(20)13-6-5-7-14(17)12-13/h2-9,12H,10-11H2,1H3,(H,18,20). The molecule has 0 saturated carbocycles. The number of benzene rings is 2. The third-order valence-corrected chi connectivity index (χ3v) is 3.69. The van der Waals surface area contributed by atoms with E-state index in [1.165, 1.54) is 0 Å². The summed E-state index contributed by atoms with van der Waals surface area (Å²) in [4.78, 5) is 14.1. The molecule has 0 aliphatic carbocycles. The first-order valence-electron chi connectivity index (χ1n) is 6.47. The molecule has 4 heteroatoms. The number of para-hydroxylation sites is 1. The first kappa shape index (κ1) is 14.8. The van der Waals surface area contributed by atoms with E-state index in [1.807, 2.05) is 49.5 Å². The van der Waals surface area contributed by atoms with Gasteiger partial charge in [0.15, 0.2) is 0 Å². The summed E-state index contributed by atoms with van der Waals surface area (Å²) in [6.07, 6.45) is 0. The minimum absolute atomic E-state index is 0.0232. The zero-order valence-electron chi connectivity index (χ0n) is 11.3. The summed E-state index contributed by atoms with van der Waals surface area (Å²) in [5.74, 6) is -0.0232. The molecule has 1 N–H and O–H groups in total. The summed E-state index contributed by atoms with van der Waals surface area (Å²) in [5.41, 5.74) is 1.86. The molecule has 2 aromatic carbocycles. The molecule has 2 rings (SSSR count). The Morgan fingerprint density at radius 2 is 1.90 bits per heavy atom. The lowest BCUT2D eigenvalue weighted by Crippen LogP contribution is -2.32. The maximum Gasteiger partial charge on any atom is 0.251 e. The van der Waals surface area contributed by atoms with Crippen LogP contribution in [0.15, 0.2) is 54.6 Å². The second-order valence-electron chi connectivity index (χ2n) is 4.52. The van der Waals surface area contributed by atoms with Crippen LogP contribution in [0.4, 0.5) is 5.69 Å². The van der Waals surface area contributed by atoms with Gasteiger partial charge in [0.25, 0.3) is 5.91 Å². The Hall–Kier alpha value is -1.56. The Labute approximate surface area is 133 Å². The molecule has 0 atom stereocenters. The number of carbonyl (C=O) groups is 1. The van der Waals surface area contributed by atoms with Crippen LogP contribution in [0, 0.1) is 3.57 Å². The number of halogens is 1. The summed E-state index contributed by atoms with van der Waals surface area (Å²) in [5, 5.41) is 2.94. The summed E-state index contributed by atoms with van der Waals surface area (Å²) >= 11 is 2.21. The quantitative estimate of drug-likeness (QED) is 0.809. The van der Waals surface area contributed by atoms with Crippen molar-refractivity contribution in [2.75, 3.05) is 25.0 Å². The molecule has 0 bridgehead atoms. The van der Waals surface area contributed by atoms with Crippen molar-refractivity contribution in [2.24, 2.45) is 0 Å². The zero-order valence-corrected chi connectivity index (χ0v) is 13.5. The van der Waals surface area contributed by atoms with Gasteiger partial charge in [-0.15, -0.1) is 0 Å². The van der Waals surface area contributed by atoms with Crippen molar-refractivity contribution in [1.82, 2.24) is 5.32 Å². The minimum Gasteiger partial charge on any atom is -0.373 e. The van der Waals surface area contributed by atoms with Crippen LogP contribution in [0.2, 0.25) is 0 Å². The molecule has 20 heavy (non-hydrogen) atoms. The van der Waals surface area contributed by atoms with E-state index >= 15 is 0 Å². The first-order valence-corrected chi connectivity index (χ1v) is 7.54. The molecule has 0 radical (unpaired) electrons. The minimum atomic E-state index is -0.0232. The van der Waals surface area contributed by atoms with E-state index < -0.39 is 0 Å². The fraction of sp³-hybridized carbons (Fsp3) is 0.188. The van der Waals surface area contributed by atoms with E-state index in [0.29, 0.717) is 12.1 Å². The van der Waals surface area contributed by atoms with Crippen LogP contribution < -0.4 is 10.2 Å². The Morgan fingerprint density at radius 1 is 1.15 bits per heavy atom. The van der Waals surface area contributed by atoms with Gasteiger partial charge in [-0.1, -0.05) is 24.3 Å². The van der Waals surface area contributed by atoms with Crippen molar-refractivity contribution in [3.63, 3.8) is 0 Å². The molecular formula is C16H17IN2O. The molecular weight excluding hydrogens is 363 g/mol. The molecule has 0 aliphatic rings. The lowest BCUT2D eigenvalue weighted by atomic mass is 10.2. The van der Waals surface area contributed by atoms with Crippen molar-refractivity contribution in [1.29, 1.82) is 0 Å². The van der Waals surface area contributed by atoms with Crippen molar-refractivity contribution in [3.8, 4) is 0 Å². The molecule has 0 aliphatic heterocycles. The van der Waals surface area contributed by atoms with Gasteiger partial charge in [0, 0.05) is 35.0 Å². The van der Waals surface area contributed by atoms with E-state index in [0.717, 1.165) is 15.8 Å². The van der Waals surface area contributed by atoms with Gasteiger partial charge in [-0.2, -0.15) is 0 Å². The Bertz CT molecular complexity index is 572. The van der Waals surface area contributed by atoms with Crippen molar-refractivity contribution in [2.45, 2.75) is 0 Å². The second-order valence-corrected chi connectivity index (χ2v) is 5.77. The number of nitrogens with one attached hydrogen (secondary N) is 1. The number of amides is 1. The molecule has 0 saturated heterocycles. The van der Waals surface area contributed by atoms with Crippen LogP contribution in [0.3, 0.4) is 0 Å². The lowest BCUT2D eigenvalue weighted by Gasteiger charge is -2.19. The average Bonchev–Trinajstić information content (AvgIpc) is 2.48. The van der Waals surface area contributed by atoms with E-state index in [1.54, 1.807) is 0 Å². The highest BCUT2D eigenvalue weighted by Crippen LogP contribution is 2.10. The molecule has 3 nitrogen and oxygen atoms in total. The summed E-state index contributed by atoms with van der Waals surface area (Å²) in [6.45, 7) is 1.40. The second kappa shape index (κ2) is 7.28. The normalized spacial score (nSPS) is 10.1. The Balaban J connectivity index is 1.83. The number of rotatable bonds is 5. The number of nitrogens with zero attached hydrogens (tertiary/aromatic N) is 1. The van der Waals surface area contributed by atoms with Crippen LogP contribution >= 0.6 is 22.6 Å². The number of likely N-dealkylation sites (N-methyl/N-ethyl adjacent to an activating group) is 1. The molecule has 0 unspecified atom stereocenters. The predicted octanol–water partition coefficient (Wildman–Crippen LogP) is 3.16. The topological polar surface area (TPSA) is 32.3 Å². The summed E-state index contributed by atoms with van der Waals surface area (Å²) in [6, 6.07) is 17.7. The fourth-order valence-corrected chi connectivity index (χ4v) is 2.42. The SMILES string of the molecule is CN(CCNC(=O)c1cccc(I)c1)c1ccccc1. The maximum atomic E-state index is 12.0. The Morgan fingerprint density at radius 3 is 2.60 bits per heavy atom. The van der Waals surface area contributed by atoms with Crippen LogP contribution in [0.25, 0.3) is 0 Å². The summed E-state index contributed by atoms with van der Waals surface area (Å²) < 4.78 is 1.07. The number of carbonyl (C=O) groups excluding carboxylic acids is 1. The highest BCUT2D eigenvalue weighted by atomic mass is 127.